The number of carbonyl (C=O) groups is 1. The van der Waals surface area contributed by atoms with Gasteiger partial charge in [0.1, 0.15) is 11.9 Å². The average Bonchev–Trinajstić information content (AvgIpc) is 3.44. The first-order chi connectivity index (χ1) is 21.0. The van der Waals surface area contributed by atoms with E-state index in [0.717, 1.165) is 36.4 Å². The number of anilines is 1. The number of nitrogens with zero attached hydrogens (tertiary/aromatic N) is 2. The molecule has 4 rings (SSSR count). The number of hydrogen-bond acceptors (Lipinski definition) is 7. The van der Waals surface area contributed by atoms with Crippen LogP contribution in [0.4, 0.5) is 32.0 Å². The lowest BCUT2D eigenvalue weighted by molar-refractivity contribution is -0.138. The molecule has 1 heterocycles. The molecule has 1 saturated heterocycles. The highest BCUT2D eigenvalue weighted by Crippen LogP contribution is 2.39. The summed E-state index contributed by atoms with van der Waals surface area (Å²) >= 11 is 0. The molecule has 0 aliphatic carbocycles. The van der Waals surface area contributed by atoms with Crippen LogP contribution in [-0.4, -0.2) is 44.4 Å². The van der Waals surface area contributed by atoms with Crippen molar-refractivity contribution in [3.63, 3.8) is 0 Å². The molecule has 8 nitrogen and oxygen atoms in total. The minimum Gasteiger partial charge on any atom is -0.489 e. The van der Waals surface area contributed by atoms with Crippen LogP contribution >= 0.6 is 0 Å². The van der Waals surface area contributed by atoms with Crippen molar-refractivity contribution in [1.29, 1.82) is 5.26 Å². The molecule has 1 aliphatic rings. The van der Waals surface area contributed by atoms with Gasteiger partial charge in [-0.15, -0.1) is 0 Å². The van der Waals surface area contributed by atoms with Gasteiger partial charge < -0.3 is 20.1 Å². The third-order valence-electron chi connectivity index (χ3n) is 7.26. The topological polar surface area (TPSA) is 120 Å². The first kappa shape index (κ1) is 33.6. The van der Waals surface area contributed by atoms with Crippen molar-refractivity contribution < 1.29 is 49.4 Å². The Labute approximate surface area is 254 Å². The van der Waals surface area contributed by atoms with E-state index in [2.05, 4.69) is 5.32 Å². The second kappa shape index (κ2) is 12.6. The van der Waals surface area contributed by atoms with Crippen molar-refractivity contribution >= 4 is 21.4 Å². The second-order valence-corrected chi connectivity index (χ2v) is 12.6. The van der Waals surface area contributed by atoms with E-state index in [0.29, 0.717) is 6.07 Å². The summed E-state index contributed by atoms with van der Waals surface area (Å²) in [7, 11) is -3.58. The number of nitrogens with one attached hydrogen (secondary N) is 1. The van der Waals surface area contributed by atoms with Crippen molar-refractivity contribution in [3.8, 4) is 11.8 Å². The summed E-state index contributed by atoms with van der Waals surface area (Å²) in [6.45, 7) is 1.56. The molecule has 2 atom stereocenters. The Kier molecular flexibility index (Phi) is 9.41. The van der Waals surface area contributed by atoms with Crippen molar-refractivity contribution in [2.45, 2.75) is 48.8 Å². The standard InChI is InChI=1S/C30H27F6N3O5S/c1-2-45(42,43)24-10-6-20(7-11-24)28(41,14-15-37)38-27(40)19-3-12-26(25(17-19)30(34,35)36)39-16-13-23(18-39)44-22-8-4-21(5-9-22)29(31,32)33/h3-12,17,23,41H,2,13-14,16,18H2,1H3,(H,38,40)/t23-,28+/m1/s1. The second-order valence-electron chi connectivity index (χ2n) is 10.3. The van der Waals surface area contributed by atoms with Crippen LogP contribution in [0.15, 0.2) is 71.6 Å². The van der Waals surface area contributed by atoms with Crippen LogP contribution < -0.4 is 15.0 Å². The average molecular weight is 656 g/mol. The van der Waals surface area contributed by atoms with Gasteiger partial charge in [0.15, 0.2) is 15.6 Å². The molecule has 15 heteroatoms. The summed E-state index contributed by atoms with van der Waals surface area (Å²) in [6.07, 6.45) is -10.5. The highest BCUT2D eigenvalue weighted by atomic mass is 32.2. The number of hydrogen-bond donors (Lipinski definition) is 2. The van der Waals surface area contributed by atoms with Gasteiger partial charge in [0, 0.05) is 29.8 Å². The number of sulfone groups is 1. The van der Waals surface area contributed by atoms with E-state index in [4.69, 9.17) is 4.74 Å². The van der Waals surface area contributed by atoms with Gasteiger partial charge in [-0.3, -0.25) is 4.79 Å². The molecule has 2 N–H and O–H groups in total. The van der Waals surface area contributed by atoms with Crippen LogP contribution in [0.5, 0.6) is 5.75 Å². The molecule has 0 aromatic heterocycles. The molecule has 1 fully saturated rings. The molecule has 0 spiro atoms. The lowest BCUT2D eigenvalue weighted by atomic mass is 9.98. The van der Waals surface area contributed by atoms with Gasteiger partial charge in [0.25, 0.3) is 5.91 Å². The molecule has 0 saturated carbocycles. The maximum atomic E-state index is 14.2. The van der Waals surface area contributed by atoms with Gasteiger partial charge in [-0.25, -0.2) is 8.42 Å². The van der Waals surface area contributed by atoms with Crippen LogP contribution in [0.1, 0.15) is 46.8 Å². The van der Waals surface area contributed by atoms with E-state index >= 15 is 0 Å². The van der Waals surface area contributed by atoms with Crippen LogP contribution in [0, 0.1) is 11.3 Å². The lowest BCUT2D eigenvalue weighted by Gasteiger charge is -2.28. The van der Waals surface area contributed by atoms with Gasteiger partial charge in [-0.2, -0.15) is 31.6 Å². The maximum absolute atomic E-state index is 14.2. The smallest absolute Gasteiger partial charge is 0.418 e. The summed E-state index contributed by atoms with van der Waals surface area (Å²) in [5.41, 5.74) is -5.15. The van der Waals surface area contributed by atoms with Crippen molar-refractivity contribution in [2.24, 2.45) is 0 Å². The SMILES string of the molecule is CCS(=O)(=O)c1ccc([C@@](O)(CC#N)NC(=O)c2ccc(N3CC[C@@H](Oc4ccc(C(F)(F)F)cc4)C3)c(C(F)(F)F)c2)cc1. The fourth-order valence-corrected chi connectivity index (χ4v) is 5.72. The van der Waals surface area contributed by atoms with E-state index in [9.17, 15) is 49.9 Å². The third-order valence-corrected chi connectivity index (χ3v) is 9.01. The number of alkyl halides is 6. The molecule has 3 aromatic rings. The predicted octanol–water partition coefficient (Wildman–Crippen LogP) is 5.66. The normalized spacial score (nSPS) is 17.0. The Balaban J connectivity index is 1.53. The molecule has 1 amide bonds. The number of halogens is 6. The lowest BCUT2D eigenvalue weighted by Crippen LogP contribution is -2.45. The molecule has 45 heavy (non-hydrogen) atoms. The van der Waals surface area contributed by atoms with Gasteiger partial charge in [0.05, 0.1) is 40.8 Å². The Hall–Kier alpha value is -4.29. The van der Waals surface area contributed by atoms with Gasteiger partial charge in [0.2, 0.25) is 0 Å². The largest absolute Gasteiger partial charge is 0.489 e. The van der Waals surface area contributed by atoms with E-state index in [1.165, 1.54) is 36.1 Å². The van der Waals surface area contributed by atoms with E-state index in [1.54, 1.807) is 6.07 Å². The summed E-state index contributed by atoms with van der Waals surface area (Å²) in [4.78, 5) is 14.4. The van der Waals surface area contributed by atoms with Crippen molar-refractivity contribution in [2.75, 3.05) is 23.7 Å². The molecular weight excluding hydrogens is 628 g/mol. The zero-order chi connectivity index (χ0) is 33.2. The number of nitriles is 1. The van der Waals surface area contributed by atoms with Gasteiger partial charge in [-0.05, 0) is 54.6 Å². The number of rotatable bonds is 9. The highest BCUT2D eigenvalue weighted by molar-refractivity contribution is 7.91. The van der Waals surface area contributed by atoms with Crippen LogP contribution in [0.2, 0.25) is 0 Å². The Bertz CT molecular complexity index is 1690. The van der Waals surface area contributed by atoms with Crippen LogP contribution in [0.3, 0.4) is 0 Å². The fraction of sp³-hybridized carbons (Fsp3) is 0.333. The summed E-state index contributed by atoms with van der Waals surface area (Å²) in [5, 5.41) is 22.6. The summed E-state index contributed by atoms with van der Waals surface area (Å²) < 4.78 is 111. The van der Waals surface area contributed by atoms with E-state index in [1.807, 2.05) is 0 Å². The first-order valence-electron chi connectivity index (χ1n) is 13.5. The molecule has 0 radical (unpaired) electrons. The van der Waals surface area contributed by atoms with Crippen molar-refractivity contribution in [1.82, 2.24) is 5.32 Å². The Morgan fingerprint density at radius 3 is 2.18 bits per heavy atom. The number of carbonyl (C=O) groups excluding carboxylic acids is 1. The van der Waals surface area contributed by atoms with E-state index in [-0.39, 0.29) is 47.2 Å². The Morgan fingerprint density at radius 2 is 1.62 bits per heavy atom. The molecule has 0 bridgehead atoms. The number of amides is 1. The first-order valence-corrected chi connectivity index (χ1v) is 15.2. The number of aliphatic hydroxyl groups is 1. The highest BCUT2D eigenvalue weighted by Gasteiger charge is 2.39. The van der Waals surface area contributed by atoms with Crippen molar-refractivity contribution in [3.05, 3.63) is 89.0 Å². The minimum absolute atomic E-state index is 0.0126. The van der Waals surface area contributed by atoms with Gasteiger partial charge in [-0.1, -0.05) is 19.1 Å². The molecule has 3 aromatic carbocycles. The zero-order valence-corrected chi connectivity index (χ0v) is 24.4. The minimum atomic E-state index is -4.90. The summed E-state index contributed by atoms with van der Waals surface area (Å²) in [5.74, 6) is -1.18. The predicted molar refractivity (Wildman–Crippen MR) is 150 cm³/mol. The van der Waals surface area contributed by atoms with E-state index < -0.39 is 63.0 Å². The van der Waals surface area contributed by atoms with Gasteiger partial charge >= 0.3 is 12.4 Å². The van der Waals surface area contributed by atoms with Crippen LogP contribution in [-0.2, 0) is 27.9 Å². The molecule has 240 valence electrons. The third kappa shape index (κ3) is 7.69. The fourth-order valence-electron chi connectivity index (χ4n) is 4.84. The monoisotopic (exact) mass is 655 g/mol. The molecule has 1 aliphatic heterocycles. The maximum Gasteiger partial charge on any atom is 0.418 e. The Morgan fingerprint density at radius 1 is 1.00 bits per heavy atom. The molecular formula is C30H27F6N3O5S. The number of benzene rings is 3. The zero-order valence-electron chi connectivity index (χ0n) is 23.6. The van der Waals surface area contributed by atoms with Crippen LogP contribution in [0.25, 0.3) is 0 Å². The summed E-state index contributed by atoms with van der Waals surface area (Å²) in [6, 6.07) is 13.2. The molecule has 0 unspecified atom stereocenters. The number of ether oxygens (including phenoxy) is 1. The quantitative estimate of drug-likeness (QED) is 0.226.